The smallest absolute Gasteiger partial charge is 0.221 e. The molecule has 0 aromatic heterocycles. The predicted molar refractivity (Wildman–Crippen MR) is 67.1 cm³/mol. The highest BCUT2D eigenvalue weighted by molar-refractivity contribution is 5.88. The molecular weight excluding hydrogens is 218 g/mol. The van der Waals surface area contributed by atoms with Crippen LogP contribution >= 0.6 is 0 Å². The number of carbonyl (C=O) groups is 1. The van der Waals surface area contributed by atoms with Crippen LogP contribution in [-0.4, -0.2) is 24.2 Å². The van der Waals surface area contributed by atoms with Crippen molar-refractivity contribution in [3.05, 3.63) is 35.9 Å². The van der Waals surface area contributed by atoms with E-state index in [1.807, 2.05) is 13.0 Å². The van der Waals surface area contributed by atoms with Crippen LogP contribution in [0.3, 0.4) is 0 Å². The van der Waals surface area contributed by atoms with Gasteiger partial charge in [-0.05, 0) is 42.8 Å². The number of carbonyl (C=O) groups excluding carboxylic acids is 1. The van der Waals surface area contributed by atoms with Gasteiger partial charge in [-0.2, -0.15) is 0 Å². The number of amides is 1. The van der Waals surface area contributed by atoms with Gasteiger partial charge in [0.25, 0.3) is 0 Å². The summed E-state index contributed by atoms with van der Waals surface area (Å²) < 4.78 is 5.44. The first-order valence-electron chi connectivity index (χ1n) is 5.38. The molecule has 0 unspecified atom stereocenters. The SMILES string of the molecule is CC(=O)Nc1ccc(OC/C=C(\C)CO)cc1. The van der Waals surface area contributed by atoms with E-state index in [4.69, 9.17) is 9.84 Å². The third-order valence-electron chi connectivity index (χ3n) is 2.11. The molecule has 17 heavy (non-hydrogen) atoms. The van der Waals surface area contributed by atoms with E-state index in [2.05, 4.69) is 5.32 Å². The van der Waals surface area contributed by atoms with Gasteiger partial charge in [0.2, 0.25) is 5.91 Å². The third kappa shape index (κ3) is 5.17. The van der Waals surface area contributed by atoms with Crippen LogP contribution in [-0.2, 0) is 4.79 Å². The molecule has 0 heterocycles. The van der Waals surface area contributed by atoms with Crippen LogP contribution < -0.4 is 10.1 Å². The first-order valence-corrected chi connectivity index (χ1v) is 5.38. The molecule has 0 saturated heterocycles. The molecular formula is C13H17NO3. The Labute approximate surface area is 101 Å². The summed E-state index contributed by atoms with van der Waals surface area (Å²) in [5.41, 5.74) is 1.62. The molecule has 0 atom stereocenters. The largest absolute Gasteiger partial charge is 0.490 e. The Kier molecular flexibility index (Phi) is 5.23. The zero-order chi connectivity index (χ0) is 12.7. The molecule has 1 amide bonds. The molecule has 1 rings (SSSR count). The predicted octanol–water partition coefficient (Wildman–Crippen LogP) is 1.96. The van der Waals surface area contributed by atoms with Crippen molar-refractivity contribution >= 4 is 11.6 Å². The second kappa shape index (κ2) is 6.70. The first kappa shape index (κ1) is 13.3. The van der Waals surface area contributed by atoms with Crippen molar-refractivity contribution in [2.75, 3.05) is 18.5 Å². The average molecular weight is 235 g/mol. The lowest BCUT2D eigenvalue weighted by Gasteiger charge is -2.06. The van der Waals surface area contributed by atoms with Crippen LogP contribution in [0, 0.1) is 0 Å². The molecule has 4 nitrogen and oxygen atoms in total. The Morgan fingerprint density at radius 1 is 1.35 bits per heavy atom. The molecule has 0 aliphatic rings. The van der Waals surface area contributed by atoms with Gasteiger partial charge in [-0.3, -0.25) is 4.79 Å². The fraction of sp³-hybridized carbons (Fsp3) is 0.308. The van der Waals surface area contributed by atoms with E-state index in [0.717, 1.165) is 17.0 Å². The zero-order valence-corrected chi connectivity index (χ0v) is 10.1. The van der Waals surface area contributed by atoms with Gasteiger partial charge in [0.15, 0.2) is 0 Å². The quantitative estimate of drug-likeness (QED) is 0.767. The summed E-state index contributed by atoms with van der Waals surface area (Å²) in [6.07, 6.45) is 1.82. The number of anilines is 1. The average Bonchev–Trinajstić information content (AvgIpc) is 2.30. The lowest BCUT2D eigenvalue weighted by Crippen LogP contribution is -2.05. The molecule has 1 aromatic rings. The highest BCUT2D eigenvalue weighted by Gasteiger charge is 1.96. The summed E-state index contributed by atoms with van der Waals surface area (Å²) in [5, 5.41) is 11.5. The van der Waals surface area contributed by atoms with E-state index in [9.17, 15) is 4.79 Å². The molecule has 0 spiro atoms. The Hall–Kier alpha value is -1.81. The van der Waals surface area contributed by atoms with Gasteiger partial charge in [-0.1, -0.05) is 0 Å². The second-order valence-electron chi connectivity index (χ2n) is 3.73. The molecule has 0 saturated carbocycles. The number of aliphatic hydroxyl groups is 1. The van der Waals surface area contributed by atoms with Gasteiger partial charge >= 0.3 is 0 Å². The van der Waals surface area contributed by atoms with Gasteiger partial charge in [0.1, 0.15) is 12.4 Å². The van der Waals surface area contributed by atoms with E-state index >= 15 is 0 Å². The number of hydrogen-bond donors (Lipinski definition) is 2. The minimum atomic E-state index is -0.0971. The molecule has 0 radical (unpaired) electrons. The van der Waals surface area contributed by atoms with Crippen molar-refractivity contribution < 1.29 is 14.6 Å². The highest BCUT2D eigenvalue weighted by atomic mass is 16.5. The van der Waals surface area contributed by atoms with Crippen LogP contribution in [0.1, 0.15) is 13.8 Å². The van der Waals surface area contributed by atoms with Gasteiger partial charge in [-0.15, -0.1) is 0 Å². The van der Waals surface area contributed by atoms with E-state index in [1.165, 1.54) is 6.92 Å². The van der Waals surface area contributed by atoms with Gasteiger partial charge < -0.3 is 15.2 Å². The number of aliphatic hydroxyl groups excluding tert-OH is 1. The van der Waals surface area contributed by atoms with Crippen molar-refractivity contribution in [2.45, 2.75) is 13.8 Å². The minimum absolute atomic E-state index is 0.0465. The number of rotatable bonds is 5. The van der Waals surface area contributed by atoms with Gasteiger partial charge in [-0.25, -0.2) is 0 Å². The summed E-state index contributed by atoms with van der Waals surface area (Å²) in [7, 11) is 0. The lowest BCUT2D eigenvalue weighted by molar-refractivity contribution is -0.114. The number of nitrogens with one attached hydrogen (secondary N) is 1. The summed E-state index contributed by atoms with van der Waals surface area (Å²) >= 11 is 0. The maximum atomic E-state index is 10.8. The van der Waals surface area contributed by atoms with Crippen LogP contribution in [0.25, 0.3) is 0 Å². The van der Waals surface area contributed by atoms with E-state index in [0.29, 0.717) is 6.61 Å². The van der Waals surface area contributed by atoms with Crippen molar-refractivity contribution in [1.82, 2.24) is 0 Å². The minimum Gasteiger partial charge on any atom is -0.490 e. The maximum Gasteiger partial charge on any atom is 0.221 e. The standard InChI is InChI=1S/C13H17NO3/c1-10(9-15)7-8-17-13-5-3-12(4-6-13)14-11(2)16/h3-7,15H,8-9H2,1-2H3,(H,14,16)/b10-7+. The van der Waals surface area contributed by atoms with Gasteiger partial charge in [0.05, 0.1) is 6.61 Å². The van der Waals surface area contributed by atoms with Crippen LogP contribution in [0.2, 0.25) is 0 Å². The van der Waals surface area contributed by atoms with E-state index < -0.39 is 0 Å². The second-order valence-corrected chi connectivity index (χ2v) is 3.73. The van der Waals surface area contributed by atoms with Crippen LogP contribution in [0.4, 0.5) is 5.69 Å². The molecule has 0 fully saturated rings. The van der Waals surface area contributed by atoms with Crippen molar-refractivity contribution in [1.29, 1.82) is 0 Å². The number of ether oxygens (including phenoxy) is 1. The fourth-order valence-electron chi connectivity index (χ4n) is 1.18. The number of benzene rings is 1. The van der Waals surface area contributed by atoms with Crippen molar-refractivity contribution in [3.8, 4) is 5.75 Å². The highest BCUT2D eigenvalue weighted by Crippen LogP contribution is 2.15. The van der Waals surface area contributed by atoms with E-state index in [-0.39, 0.29) is 12.5 Å². The third-order valence-corrected chi connectivity index (χ3v) is 2.11. The first-order chi connectivity index (χ1) is 8.11. The van der Waals surface area contributed by atoms with Gasteiger partial charge in [0, 0.05) is 12.6 Å². The maximum absolute atomic E-state index is 10.8. The summed E-state index contributed by atoms with van der Waals surface area (Å²) in [6, 6.07) is 7.12. The molecule has 0 aliphatic carbocycles. The van der Waals surface area contributed by atoms with Crippen molar-refractivity contribution in [2.24, 2.45) is 0 Å². The summed E-state index contributed by atoms with van der Waals surface area (Å²) in [5.74, 6) is 0.626. The molecule has 1 aromatic carbocycles. The molecule has 4 heteroatoms. The van der Waals surface area contributed by atoms with Crippen LogP contribution in [0.15, 0.2) is 35.9 Å². The Balaban J connectivity index is 2.48. The topological polar surface area (TPSA) is 58.6 Å². The number of hydrogen-bond acceptors (Lipinski definition) is 3. The lowest BCUT2D eigenvalue weighted by atomic mass is 10.3. The van der Waals surface area contributed by atoms with Crippen molar-refractivity contribution in [3.63, 3.8) is 0 Å². The zero-order valence-electron chi connectivity index (χ0n) is 10.1. The Morgan fingerprint density at radius 3 is 2.53 bits per heavy atom. The molecule has 92 valence electrons. The monoisotopic (exact) mass is 235 g/mol. The molecule has 0 aliphatic heterocycles. The summed E-state index contributed by atoms with van der Waals surface area (Å²) in [6.45, 7) is 3.77. The Bertz CT molecular complexity index is 396. The Morgan fingerprint density at radius 2 is 2.00 bits per heavy atom. The summed E-state index contributed by atoms with van der Waals surface area (Å²) in [4.78, 5) is 10.8. The molecule has 0 bridgehead atoms. The normalized spacial score (nSPS) is 11.1. The van der Waals surface area contributed by atoms with Crippen LogP contribution in [0.5, 0.6) is 5.75 Å². The molecule has 2 N–H and O–H groups in total. The fourth-order valence-corrected chi connectivity index (χ4v) is 1.18. The van der Waals surface area contributed by atoms with E-state index in [1.54, 1.807) is 24.3 Å².